The largest absolute Gasteiger partial charge is 0.506 e. The Labute approximate surface area is 132 Å². The molecular formula is C15H16ClNO5. The summed E-state index contributed by atoms with van der Waals surface area (Å²) in [5.41, 5.74) is -2.09. The highest BCUT2D eigenvalue weighted by Gasteiger charge is 2.32. The normalized spacial score (nSPS) is 12.6. The van der Waals surface area contributed by atoms with Gasteiger partial charge in [0.25, 0.3) is 5.69 Å². The zero-order valence-electron chi connectivity index (χ0n) is 12.6. The molecule has 0 aliphatic heterocycles. The predicted octanol–water partition coefficient (Wildman–Crippen LogP) is 3.72. The van der Waals surface area contributed by atoms with Gasteiger partial charge in [-0.2, -0.15) is 0 Å². The number of hydrogen-bond donors (Lipinski definition) is 1. The summed E-state index contributed by atoms with van der Waals surface area (Å²) in [5, 5.41) is 21.5. The van der Waals surface area contributed by atoms with Crippen molar-refractivity contribution in [1.29, 1.82) is 0 Å². The van der Waals surface area contributed by atoms with Gasteiger partial charge in [0.15, 0.2) is 11.6 Å². The van der Waals surface area contributed by atoms with Crippen molar-refractivity contribution in [3.05, 3.63) is 44.5 Å². The number of benzene rings is 1. The quantitative estimate of drug-likeness (QED) is 0.227. The molecule has 0 radical (unpaired) electrons. The molecule has 0 amide bonds. The van der Waals surface area contributed by atoms with Crippen LogP contribution in [0.15, 0.2) is 23.8 Å². The molecule has 22 heavy (non-hydrogen) atoms. The molecule has 0 saturated heterocycles. The van der Waals surface area contributed by atoms with Crippen molar-refractivity contribution in [2.45, 2.75) is 27.7 Å². The fourth-order valence-corrected chi connectivity index (χ4v) is 1.97. The smallest absolute Gasteiger partial charge is 0.281 e. The highest BCUT2D eigenvalue weighted by atomic mass is 35.5. The molecule has 0 aliphatic carbocycles. The lowest BCUT2D eigenvalue weighted by molar-refractivity contribution is -0.385. The maximum absolute atomic E-state index is 12.3. The van der Waals surface area contributed by atoms with Gasteiger partial charge in [0.05, 0.1) is 10.5 Å². The Hall–Kier alpha value is -2.21. The van der Waals surface area contributed by atoms with Crippen LogP contribution in [0, 0.1) is 15.5 Å². The van der Waals surface area contributed by atoms with Gasteiger partial charge in [-0.1, -0.05) is 32.4 Å². The molecule has 0 unspecified atom stereocenters. The van der Waals surface area contributed by atoms with Crippen LogP contribution in [-0.2, 0) is 9.59 Å². The van der Waals surface area contributed by atoms with Crippen LogP contribution in [0.1, 0.15) is 33.3 Å². The number of nitrogens with zero attached hydrogens (tertiary/aromatic N) is 1. The Bertz CT molecular complexity index is 686. The Morgan fingerprint density at radius 1 is 1.27 bits per heavy atom. The number of aliphatic hydroxyl groups excluding tert-OH is 1. The lowest BCUT2D eigenvalue weighted by Crippen LogP contribution is -2.26. The zero-order valence-corrected chi connectivity index (χ0v) is 13.4. The molecule has 0 spiro atoms. The number of halogens is 1. The van der Waals surface area contributed by atoms with Crippen LogP contribution in [0.3, 0.4) is 0 Å². The van der Waals surface area contributed by atoms with Crippen molar-refractivity contribution in [1.82, 2.24) is 0 Å². The van der Waals surface area contributed by atoms with Gasteiger partial charge in [-0.15, -0.1) is 0 Å². The van der Waals surface area contributed by atoms with Crippen LogP contribution in [0.5, 0.6) is 0 Å². The second kappa shape index (κ2) is 6.27. The molecule has 1 aromatic carbocycles. The van der Waals surface area contributed by atoms with E-state index >= 15 is 0 Å². The molecule has 0 aromatic heterocycles. The molecule has 6 nitrogen and oxygen atoms in total. The molecule has 0 saturated carbocycles. The Morgan fingerprint density at radius 3 is 2.23 bits per heavy atom. The maximum Gasteiger partial charge on any atom is 0.281 e. The number of Topliss-reactive ketones (excluding diaryl/α,β-unsaturated/α-hetero) is 2. The van der Waals surface area contributed by atoms with Gasteiger partial charge in [-0.3, -0.25) is 19.7 Å². The fourth-order valence-electron chi connectivity index (χ4n) is 1.80. The number of ketones is 2. The summed E-state index contributed by atoms with van der Waals surface area (Å²) in [6.45, 7) is 5.88. The lowest BCUT2D eigenvalue weighted by atomic mass is 9.83. The highest BCUT2D eigenvalue weighted by Crippen LogP contribution is 2.32. The summed E-state index contributed by atoms with van der Waals surface area (Å²) < 4.78 is 0. The topological polar surface area (TPSA) is 97.5 Å². The van der Waals surface area contributed by atoms with Gasteiger partial charge < -0.3 is 5.11 Å². The number of rotatable bonds is 4. The molecule has 0 heterocycles. The molecule has 0 bridgehead atoms. The van der Waals surface area contributed by atoms with Crippen molar-refractivity contribution in [3.8, 4) is 0 Å². The maximum atomic E-state index is 12.3. The average molecular weight is 326 g/mol. The van der Waals surface area contributed by atoms with Crippen LogP contribution in [-0.4, -0.2) is 21.6 Å². The molecule has 0 aliphatic rings. The van der Waals surface area contributed by atoms with Gasteiger partial charge in [0.1, 0.15) is 11.3 Å². The van der Waals surface area contributed by atoms with Crippen molar-refractivity contribution in [2.24, 2.45) is 5.41 Å². The van der Waals surface area contributed by atoms with Gasteiger partial charge in [0.2, 0.25) is 0 Å². The molecule has 0 atom stereocenters. The first-order valence-electron chi connectivity index (χ1n) is 6.40. The standard InChI is InChI=1S/C15H16ClNO5/c1-8(18)12(14(20)15(2,3)4)13(19)10-6-5-9(16)7-11(10)17(21)22/h5-7,19H,1-4H3. The summed E-state index contributed by atoms with van der Waals surface area (Å²) >= 11 is 5.71. The van der Waals surface area contributed by atoms with E-state index in [1.54, 1.807) is 20.8 Å². The van der Waals surface area contributed by atoms with E-state index in [-0.39, 0.29) is 10.6 Å². The second-order valence-electron chi connectivity index (χ2n) is 5.78. The first kappa shape index (κ1) is 17.8. The number of carbonyl (C=O) groups is 2. The molecule has 0 fully saturated rings. The van der Waals surface area contributed by atoms with E-state index in [0.29, 0.717) is 0 Å². The highest BCUT2D eigenvalue weighted by molar-refractivity contribution is 6.31. The molecule has 1 rings (SSSR count). The third kappa shape index (κ3) is 3.71. The van der Waals surface area contributed by atoms with Gasteiger partial charge in [-0.25, -0.2) is 0 Å². The molecule has 1 N–H and O–H groups in total. The molecule has 1 aromatic rings. The second-order valence-corrected chi connectivity index (χ2v) is 6.21. The zero-order chi connectivity index (χ0) is 17.2. The van der Waals surface area contributed by atoms with E-state index in [2.05, 4.69) is 0 Å². The minimum atomic E-state index is -0.920. The van der Waals surface area contributed by atoms with E-state index in [1.165, 1.54) is 12.1 Å². The molecular weight excluding hydrogens is 310 g/mol. The number of aliphatic hydroxyl groups is 1. The lowest BCUT2D eigenvalue weighted by Gasteiger charge is -2.18. The molecule has 7 heteroatoms. The van der Waals surface area contributed by atoms with Crippen LogP contribution >= 0.6 is 11.6 Å². The SMILES string of the molecule is CC(=O)C(C(=O)C(C)(C)C)=C(O)c1ccc(Cl)cc1[N+](=O)[O-]. The monoisotopic (exact) mass is 325 g/mol. The Morgan fingerprint density at radius 2 is 1.82 bits per heavy atom. The summed E-state index contributed by atoms with van der Waals surface area (Å²) in [7, 11) is 0. The Kier molecular flexibility index (Phi) is 5.09. The number of allylic oxidation sites excluding steroid dienone is 1. The molecule has 118 valence electrons. The number of nitro groups is 1. The summed E-state index contributed by atoms with van der Waals surface area (Å²) in [4.78, 5) is 34.4. The third-order valence-corrected chi connectivity index (χ3v) is 3.14. The third-order valence-electron chi connectivity index (χ3n) is 2.91. The first-order chi connectivity index (χ1) is 9.96. The summed E-state index contributed by atoms with van der Waals surface area (Å²) in [6.07, 6.45) is 0. The number of nitro benzene ring substituents is 1. The fraction of sp³-hybridized carbons (Fsp3) is 0.333. The van der Waals surface area contributed by atoms with Crippen molar-refractivity contribution >= 4 is 34.6 Å². The van der Waals surface area contributed by atoms with E-state index in [9.17, 15) is 24.8 Å². The van der Waals surface area contributed by atoms with Gasteiger partial charge in [0, 0.05) is 16.5 Å². The van der Waals surface area contributed by atoms with E-state index < -0.39 is 38.9 Å². The van der Waals surface area contributed by atoms with Crippen LogP contribution < -0.4 is 0 Å². The van der Waals surface area contributed by atoms with Crippen molar-refractivity contribution < 1.29 is 19.6 Å². The van der Waals surface area contributed by atoms with Crippen LogP contribution in [0.4, 0.5) is 5.69 Å². The number of carbonyl (C=O) groups excluding carboxylic acids is 2. The Balaban J connectivity index is 3.67. The first-order valence-corrected chi connectivity index (χ1v) is 6.78. The number of hydrogen-bond acceptors (Lipinski definition) is 5. The van der Waals surface area contributed by atoms with E-state index in [0.717, 1.165) is 13.0 Å². The van der Waals surface area contributed by atoms with Crippen molar-refractivity contribution in [3.63, 3.8) is 0 Å². The van der Waals surface area contributed by atoms with Crippen molar-refractivity contribution in [2.75, 3.05) is 0 Å². The predicted molar refractivity (Wildman–Crippen MR) is 82.8 cm³/mol. The van der Waals surface area contributed by atoms with Crippen LogP contribution in [0.25, 0.3) is 5.76 Å². The van der Waals surface area contributed by atoms with Crippen LogP contribution in [0.2, 0.25) is 5.02 Å². The average Bonchev–Trinajstić information content (AvgIpc) is 2.36. The van der Waals surface area contributed by atoms with E-state index in [1.807, 2.05) is 0 Å². The van der Waals surface area contributed by atoms with Gasteiger partial charge >= 0.3 is 0 Å². The minimum absolute atomic E-state index is 0.106. The minimum Gasteiger partial charge on any atom is -0.506 e. The van der Waals surface area contributed by atoms with E-state index in [4.69, 9.17) is 11.6 Å². The van der Waals surface area contributed by atoms with Gasteiger partial charge in [-0.05, 0) is 19.1 Å². The summed E-state index contributed by atoms with van der Waals surface area (Å²) in [6, 6.07) is 3.58. The summed E-state index contributed by atoms with van der Waals surface area (Å²) in [5.74, 6) is -1.97.